The molecular formula is C22H22F2N4OS. The number of anilines is 1. The van der Waals surface area contributed by atoms with Crippen molar-refractivity contribution < 1.29 is 13.6 Å². The first-order valence-corrected chi connectivity index (χ1v) is 10.6. The zero-order valence-electron chi connectivity index (χ0n) is 16.5. The molecule has 0 aliphatic carbocycles. The molecule has 1 amide bonds. The molecule has 0 unspecified atom stereocenters. The summed E-state index contributed by atoms with van der Waals surface area (Å²) >= 11 is 0.412. The van der Waals surface area contributed by atoms with Crippen LogP contribution in [0.5, 0.6) is 0 Å². The van der Waals surface area contributed by atoms with E-state index in [4.69, 9.17) is 0 Å². The Morgan fingerprint density at radius 1 is 1.03 bits per heavy atom. The Bertz CT molecular complexity index is 1010. The average Bonchev–Trinajstić information content (AvgIpc) is 3.24. The summed E-state index contributed by atoms with van der Waals surface area (Å²) in [6.45, 7) is 4.31. The third-order valence-electron chi connectivity index (χ3n) is 5.12. The fraction of sp³-hybridized carbons (Fsp3) is 0.273. The molecule has 0 N–H and O–H groups in total. The third-order valence-corrected chi connectivity index (χ3v) is 5.90. The highest BCUT2D eigenvalue weighted by molar-refractivity contribution is 7.99. The van der Waals surface area contributed by atoms with E-state index < -0.39 is 5.76 Å². The number of nitrogens with zero attached hydrogens (tertiary/aromatic N) is 4. The molecule has 1 aliphatic rings. The fourth-order valence-corrected chi connectivity index (χ4v) is 4.19. The molecule has 1 saturated heterocycles. The highest BCUT2D eigenvalue weighted by atomic mass is 32.2. The standard InChI is InChI=1S/C22H22F2N4OS/c1-16-6-8-17(9-7-16)28-11-10-25-22(28)27-14-12-26(13-15-27)20(29)18-4-2-3-5-19(18)30-21(23)24/h2-11,21H,12-15H2,1H3. The van der Waals surface area contributed by atoms with Crippen LogP contribution in [-0.2, 0) is 0 Å². The Morgan fingerprint density at radius 3 is 2.43 bits per heavy atom. The number of rotatable bonds is 5. The predicted octanol–water partition coefficient (Wildman–Crippen LogP) is 4.46. The topological polar surface area (TPSA) is 41.4 Å². The Kier molecular flexibility index (Phi) is 6.03. The van der Waals surface area contributed by atoms with E-state index in [-0.39, 0.29) is 5.91 Å². The van der Waals surface area contributed by atoms with Crippen LogP contribution in [0.1, 0.15) is 15.9 Å². The minimum Gasteiger partial charge on any atom is -0.338 e. The van der Waals surface area contributed by atoms with Crippen molar-refractivity contribution in [2.24, 2.45) is 0 Å². The van der Waals surface area contributed by atoms with Crippen LogP contribution < -0.4 is 4.90 Å². The molecule has 5 nitrogen and oxygen atoms in total. The number of imidazole rings is 1. The zero-order valence-corrected chi connectivity index (χ0v) is 17.4. The summed E-state index contributed by atoms with van der Waals surface area (Å²) in [5.74, 6) is -1.93. The number of amides is 1. The first-order valence-electron chi connectivity index (χ1n) is 9.71. The number of piperazine rings is 1. The van der Waals surface area contributed by atoms with Crippen LogP contribution in [0, 0.1) is 6.92 Å². The van der Waals surface area contributed by atoms with Crippen LogP contribution in [0.2, 0.25) is 0 Å². The van der Waals surface area contributed by atoms with E-state index in [1.54, 1.807) is 35.4 Å². The maximum absolute atomic E-state index is 12.9. The number of carbonyl (C=O) groups excluding carboxylic acids is 1. The van der Waals surface area contributed by atoms with Crippen LogP contribution in [0.15, 0.2) is 65.8 Å². The maximum Gasteiger partial charge on any atom is 0.288 e. The summed E-state index contributed by atoms with van der Waals surface area (Å²) in [5, 5.41) is 0. The summed E-state index contributed by atoms with van der Waals surface area (Å²) in [7, 11) is 0. The van der Waals surface area contributed by atoms with Gasteiger partial charge in [-0.2, -0.15) is 8.78 Å². The molecule has 8 heteroatoms. The highest BCUT2D eigenvalue weighted by Gasteiger charge is 2.26. The van der Waals surface area contributed by atoms with E-state index in [2.05, 4.69) is 34.1 Å². The second kappa shape index (κ2) is 8.87. The van der Waals surface area contributed by atoms with Gasteiger partial charge >= 0.3 is 0 Å². The second-order valence-electron chi connectivity index (χ2n) is 7.09. The summed E-state index contributed by atoms with van der Waals surface area (Å²) in [5.41, 5.74) is 2.56. The average molecular weight is 429 g/mol. The van der Waals surface area contributed by atoms with Crippen LogP contribution >= 0.6 is 11.8 Å². The summed E-state index contributed by atoms with van der Waals surface area (Å²) in [4.78, 5) is 21.6. The number of hydrogen-bond donors (Lipinski definition) is 0. The largest absolute Gasteiger partial charge is 0.338 e. The van der Waals surface area contributed by atoms with Crippen molar-refractivity contribution in [3.8, 4) is 5.69 Å². The van der Waals surface area contributed by atoms with Gasteiger partial charge in [-0.25, -0.2) is 4.98 Å². The predicted molar refractivity (Wildman–Crippen MR) is 115 cm³/mol. The van der Waals surface area contributed by atoms with Gasteiger partial charge in [-0.15, -0.1) is 0 Å². The maximum atomic E-state index is 12.9. The van der Waals surface area contributed by atoms with E-state index in [0.717, 1.165) is 11.6 Å². The fourth-order valence-electron chi connectivity index (χ4n) is 3.56. The van der Waals surface area contributed by atoms with Crippen molar-refractivity contribution in [2.75, 3.05) is 31.1 Å². The van der Waals surface area contributed by atoms with E-state index >= 15 is 0 Å². The zero-order chi connectivity index (χ0) is 21.1. The lowest BCUT2D eigenvalue weighted by Crippen LogP contribution is -2.49. The van der Waals surface area contributed by atoms with E-state index in [0.29, 0.717) is 48.4 Å². The molecule has 0 atom stereocenters. The molecule has 30 heavy (non-hydrogen) atoms. The Hall–Kier alpha value is -2.87. The summed E-state index contributed by atoms with van der Waals surface area (Å²) < 4.78 is 27.7. The molecule has 2 heterocycles. The number of benzene rings is 2. The Balaban J connectivity index is 1.46. The molecule has 1 aliphatic heterocycles. The SMILES string of the molecule is Cc1ccc(-n2ccnc2N2CCN(C(=O)c3ccccc3SC(F)F)CC2)cc1. The van der Waals surface area contributed by atoms with Gasteiger partial charge in [-0.05, 0) is 31.2 Å². The Labute approximate surface area is 178 Å². The highest BCUT2D eigenvalue weighted by Crippen LogP contribution is 2.29. The van der Waals surface area contributed by atoms with Crippen molar-refractivity contribution in [1.29, 1.82) is 0 Å². The number of aromatic nitrogens is 2. The van der Waals surface area contributed by atoms with Crippen molar-refractivity contribution in [3.05, 3.63) is 72.1 Å². The number of aryl methyl sites for hydroxylation is 1. The smallest absolute Gasteiger partial charge is 0.288 e. The molecule has 1 aromatic heterocycles. The van der Waals surface area contributed by atoms with Crippen LogP contribution in [0.3, 0.4) is 0 Å². The summed E-state index contributed by atoms with van der Waals surface area (Å²) in [6.07, 6.45) is 3.69. The van der Waals surface area contributed by atoms with Crippen LogP contribution in [-0.4, -0.2) is 52.3 Å². The summed E-state index contributed by atoms with van der Waals surface area (Å²) in [6, 6.07) is 14.8. The van der Waals surface area contributed by atoms with Crippen molar-refractivity contribution in [3.63, 3.8) is 0 Å². The monoisotopic (exact) mass is 428 g/mol. The molecular weight excluding hydrogens is 406 g/mol. The number of hydrogen-bond acceptors (Lipinski definition) is 4. The van der Waals surface area contributed by atoms with Gasteiger partial charge in [-0.1, -0.05) is 41.6 Å². The molecule has 156 valence electrons. The van der Waals surface area contributed by atoms with Gasteiger partial charge in [0.2, 0.25) is 5.95 Å². The van der Waals surface area contributed by atoms with Gasteiger partial charge in [-0.3, -0.25) is 9.36 Å². The quantitative estimate of drug-likeness (QED) is 0.563. The third kappa shape index (κ3) is 4.33. The Morgan fingerprint density at radius 2 is 1.73 bits per heavy atom. The first kappa shape index (κ1) is 20.4. The number of halogens is 2. The van der Waals surface area contributed by atoms with E-state index in [1.807, 2.05) is 17.7 Å². The molecule has 2 aromatic carbocycles. The van der Waals surface area contributed by atoms with Crippen molar-refractivity contribution >= 4 is 23.6 Å². The van der Waals surface area contributed by atoms with E-state index in [9.17, 15) is 13.6 Å². The minimum atomic E-state index is -2.56. The normalized spacial score (nSPS) is 14.4. The van der Waals surface area contributed by atoms with Gasteiger partial charge in [0.25, 0.3) is 11.7 Å². The van der Waals surface area contributed by atoms with Crippen molar-refractivity contribution in [1.82, 2.24) is 14.5 Å². The second-order valence-corrected chi connectivity index (χ2v) is 8.12. The number of carbonyl (C=O) groups is 1. The molecule has 3 aromatic rings. The molecule has 1 fully saturated rings. The van der Waals surface area contributed by atoms with Gasteiger partial charge in [0.15, 0.2) is 0 Å². The first-order chi connectivity index (χ1) is 14.5. The minimum absolute atomic E-state index is 0.208. The lowest BCUT2D eigenvalue weighted by molar-refractivity contribution is 0.0742. The molecule has 4 rings (SSSR count). The molecule has 0 saturated carbocycles. The van der Waals surface area contributed by atoms with Gasteiger partial charge in [0.05, 0.1) is 5.56 Å². The van der Waals surface area contributed by atoms with Crippen LogP contribution in [0.25, 0.3) is 5.69 Å². The van der Waals surface area contributed by atoms with Gasteiger partial charge in [0, 0.05) is 49.2 Å². The van der Waals surface area contributed by atoms with Crippen molar-refractivity contribution in [2.45, 2.75) is 17.6 Å². The van der Waals surface area contributed by atoms with Gasteiger partial charge < -0.3 is 9.80 Å². The van der Waals surface area contributed by atoms with E-state index in [1.165, 1.54) is 5.56 Å². The number of alkyl halides is 2. The molecule has 0 spiro atoms. The molecule has 0 bridgehead atoms. The number of thioether (sulfide) groups is 1. The van der Waals surface area contributed by atoms with Gasteiger partial charge in [0.1, 0.15) is 0 Å². The molecule has 0 radical (unpaired) electrons. The lowest BCUT2D eigenvalue weighted by Gasteiger charge is -2.35. The van der Waals surface area contributed by atoms with Crippen LogP contribution in [0.4, 0.5) is 14.7 Å². The lowest BCUT2D eigenvalue weighted by atomic mass is 10.2.